The molecule has 1 N–H and O–H groups in total. The minimum absolute atomic E-state index is 0.0637. The summed E-state index contributed by atoms with van der Waals surface area (Å²) in [6, 6.07) is 7.25. The monoisotopic (exact) mass is 248 g/mol. The standard InChI is InChI=1S/C14H20N2O2/c1-11(2)15-7-9-16(10-8-15)14(18)12-5-3-4-6-13(12)17/h3-6,11,17H,7-10H2,1-2H3. The summed E-state index contributed by atoms with van der Waals surface area (Å²) in [7, 11) is 0. The Bertz CT molecular complexity index is 424. The molecule has 1 aliphatic heterocycles. The van der Waals surface area contributed by atoms with Gasteiger partial charge in [-0.3, -0.25) is 9.69 Å². The van der Waals surface area contributed by atoms with Crippen LogP contribution in [0.15, 0.2) is 24.3 Å². The Morgan fingerprint density at radius 1 is 1.17 bits per heavy atom. The lowest BCUT2D eigenvalue weighted by Gasteiger charge is -2.37. The number of carbonyl (C=O) groups is 1. The Kier molecular flexibility index (Phi) is 3.87. The van der Waals surface area contributed by atoms with Crippen LogP contribution in [-0.2, 0) is 0 Å². The lowest BCUT2D eigenvalue weighted by Crippen LogP contribution is -2.50. The van der Waals surface area contributed by atoms with Crippen LogP contribution in [0.3, 0.4) is 0 Å². The Balaban J connectivity index is 2.02. The fourth-order valence-corrected chi connectivity index (χ4v) is 2.27. The smallest absolute Gasteiger partial charge is 0.257 e. The molecule has 4 nitrogen and oxygen atoms in total. The number of carbonyl (C=O) groups excluding carboxylic acids is 1. The highest BCUT2D eigenvalue weighted by Crippen LogP contribution is 2.19. The maximum Gasteiger partial charge on any atom is 0.257 e. The van der Waals surface area contributed by atoms with Crippen molar-refractivity contribution in [1.82, 2.24) is 9.80 Å². The zero-order valence-electron chi connectivity index (χ0n) is 11.0. The number of piperazine rings is 1. The number of para-hydroxylation sites is 1. The third kappa shape index (κ3) is 2.64. The van der Waals surface area contributed by atoms with Gasteiger partial charge in [-0.15, -0.1) is 0 Å². The molecule has 4 heteroatoms. The number of hydrogen-bond acceptors (Lipinski definition) is 3. The van der Waals surface area contributed by atoms with Gasteiger partial charge in [0, 0.05) is 32.2 Å². The minimum atomic E-state index is -0.0727. The van der Waals surface area contributed by atoms with Gasteiger partial charge in [0.25, 0.3) is 5.91 Å². The second-order valence-electron chi connectivity index (χ2n) is 4.94. The Hall–Kier alpha value is -1.55. The van der Waals surface area contributed by atoms with Gasteiger partial charge in [0.1, 0.15) is 5.75 Å². The molecule has 98 valence electrons. The van der Waals surface area contributed by atoms with Crippen LogP contribution in [0.4, 0.5) is 0 Å². The fourth-order valence-electron chi connectivity index (χ4n) is 2.27. The molecular formula is C14H20N2O2. The van der Waals surface area contributed by atoms with Crippen molar-refractivity contribution in [1.29, 1.82) is 0 Å². The first kappa shape index (κ1) is 12.9. The van der Waals surface area contributed by atoms with Crippen LogP contribution in [0.25, 0.3) is 0 Å². The molecule has 0 aromatic heterocycles. The molecule has 0 spiro atoms. The number of hydrogen-bond donors (Lipinski definition) is 1. The molecule has 2 rings (SSSR count). The summed E-state index contributed by atoms with van der Waals surface area (Å²) in [5.74, 6) is -0.00899. The van der Waals surface area contributed by atoms with Gasteiger partial charge in [-0.2, -0.15) is 0 Å². The summed E-state index contributed by atoms with van der Waals surface area (Å²) >= 11 is 0. The van der Waals surface area contributed by atoms with Gasteiger partial charge in [-0.05, 0) is 26.0 Å². The second-order valence-corrected chi connectivity index (χ2v) is 4.94. The van der Waals surface area contributed by atoms with Gasteiger partial charge in [0.05, 0.1) is 5.56 Å². The van der Waals surface area contributed by atoms with Crippen molar-refractivity contribution in [3.63, 3.8) is 0 Å². The molecule has 1 saturated heterocycles. The van der Waals surface area contributed by atoms with E-state index in [1.165, 1.54) is 0 Å². The van der Waals surface area contributed by atoms with Crippen LogP contribution < -0.4 is 0 Å². The van der Waals surface area contributed by atoms with E-state index in [9.17, 15) is 9.90 Å². The lowest BCUT2D eigenvalue weighted by atomic mass is 10.1. The average Bonchev–Trinajstić information content (AvgIpc) is 2.38. The van der Waals surface area contributed by atoms with Gasteiger partial charge in [-0.25, -0.2) is 0 Å². The third-order valence-electron chi connectivity index (χ3n) is 3.47. The van der Waals surface area contributed by atoms with E-state index in [4.69, 9.17) is 0 Å². The molecule has 0 atom stereocenters. The summed E-state index contributed by atoms with van der Waals surface area (Å²) in [4.78, 5) is 16.4. The number of rotatable bonds is 2. The molecule has 1 aromatic rings. The number of aromatic hydroxyl groups is 1. The predicted octanol–water partition coefficient (Wildman–Crippen LogP) is 1.56. The van der Waals surface area contributed by atoms with E-state index in [1.807, 2.05) is 4.90 Å². The molecule has 1 aliphatic rings. The minimum Gasteiger partial charge on any atom is -0.507 e. The van der Waals surface area contributed by atoms with Crippen molar-refractivity contribution < 1.29 is 9.90 Å². The number of phenolic OH excluding ortho intramolecular Hbond substituents is 1. The molecule has 1 amide bonds. The van der Waals surface area contributed by atoms with Crippen molar-refractivity contribution in [2.45, 2.75) is 19.9 Å². The molecule has 1 fully saturated rings. The molecule has 1 heterocycles. The first-order valence-corrected chi connectivity index (χ1v) is 6.41. The number of benzene rings is 1. The highest BCUT2D eigenvalue weighted by atomic mass is 16.3. The van der Waals surface area contributed by atoms with E-state index in [-0.39, 0.29) is 11.7 Å². The quantitative estimate of drug-likeness (QED) is 0.863. The van der Waals surface area contributed by atoms with Crippen LogP contribution in [-0.4, -0.2) is 53.0 Å². The third-order valence-corrected chi connectivity index (χ3v) is 3.47. The van der Waals surface area contributed by atoms with Gasteiger partial charge in [-0.1, -0.05) is 12.1 Å². The van der Waals surface area contributed by atoms with Crippen molar-refractivity contribution in [3.8, 4) is 5.75 Å². The lowest BCUT2D eigenvalue weighted by molar-refractivity contribution is 0.0592. The first-order chi connectivity index (χ1) is 8.59. The molecule has 0 saturated carbocycles. The van der Waals surface area contributed by atoms with E-state index in [1.54, 1.807) is 24.3 Å². The van der Waals surface area contributed by atoms with E-state index >= 15 is 0 Å². The normalized spacial score (nSPS) is 17.2. The van der Waals surface area contributed by atoms with Gasteiger partial charge in [0.15, 0.2) is 0 Å². The van der Waals surface area contributed by atoms with Crippen LogP contribution in [0.1, 0.15) is 24.2 Å². The molecular weight excluding hydrogens is 228 g/mol. The molecule has 1 aromatic carbocycles. The number of nitrogens with zero attached hydrogens (tertiary/aromatic N) is 2. The number of phenols is 1. The predicted molar refractivity (Wildman–Crippen MR) is 70.7 cm³/mol. The first-order valence-electron chi connectivity index (χ1n) is 6.41. The van der Waals surface area contributed by atoms with Gasteiger partial charge >= 0.3 is 0 Å². The largest absolute Gasteiger partial charge is 0.507 e. The molecule has 0 bridgehead atoms. The maximum atomic E-state index is 12.2. The Labute approximate surface area is 108 Å². The second kappa shape index (κ2) is 5.40. The molecule has 18 heavy (non-hydrogen) atoms. The highest BCUT2D eigenvalue weighted by molar-refractivity contribution is 5.96. The van der Waals surface area contributed by atoms with Crippen molar-refractivity contribution in [3.05, 3.63) is 29.8 Å². The summed E-state index contributed by atoms with van der Waals surface area (Å²) < 4.78 is 0. The maximum absolute atomic E-state index is 12.2. The summed E-state index contributed by atoms with van der Waals surface area (Å²) in [5.41, 5.74) is 0.399. The summed E-state index contributed by atoms with van der Waals surface area (Å²) in [6.07, 6.45) is 0. The fraction of sp³-hybridized carbons (Fsp3) is 0.500. The van der Waals surface area contributed by atoms with Crippen molar-refractivity contribution >= 4 is 5.91 Å². The van der Waals surface area contributed by atoms with Crippen LogP contribution in [0.2, 0.25) is 0 Å². The van der Waals surface area contributed by atoms with Crippen molar-refractivity contribution in [2.75, 3.05) is 26.2 Å². The average molecular weight is 248 g/mol. The van der Waals surface area contributed by atoms with E-state index in [0.29, 0.717) is 11.6 Å². The van der Waals surface area contributed by atoms with Gasteiger partial charge < -0.3 is 10.0 Å². The summed E-state index contributed by atoms with van der Waals surface area (Å²) in [6.45, 7) is 7.59. The van der Waals surface area contributed by atoms with E-state index in [2.05, 4.69) is 18.7 Å². The Morgan fingerprint density at radius 3 is 2.33 bits per heavy atom. The summed E-state index contributed by atoms with van der Waals surface area (Å²) in [5, 5.41) is 9.69. The number of amides is 1. The molecule has 0 radical (unpaired) electrons. The van der Waals surface area contributed by atoms with E-state index in [0.717, 1.165) is 26.2 Å². The van der Waals surface area contributed by atoms with Crippen LogP contribution in [0.5, 0.6) is 5.75 Å². The molecule has 0 aliphatic carbocycles. The van der Waals surface area contributed by atoms with Crippen LogP contribution in [0, 0.1) is 0 Å². The molecule has 0 unspecified atom stereocenters. The topological polar surface area (TPSA) is 43.8 Å². The zero-order valence-corrected chi connectivity index (χ0v) is 11.0. The Morgan fingerprint density at radius 2 is 1.78 bits per heavy atom. The van der Waals surface area contributed by atoms with Gasteiger partial charge in [0.2, 0.25) is 0 Å². The van der Waals surface area contributed by atoms with Crippen molar-refractivity contribution in [2.24, 2.45) is 0 Å². The highest BCUT2D eigenvalue weighted by Gasteiger charge is 2.24. The van der Waals surface area contributed by atoms with Crippen LogP contribution >= 0.6 is 0 Å². The van der Waals surface area contributed by atoms with E-state index < -0.39 is 0 Å². The zero-order chi connectivity index (χ0) is 13.1. The SMILES string of the molecule is CC(C)N1CCN(C(=O)c2ccccc2O)CC1.